The van der Waals surface area contributed by atoms with Crippen LogP contribution in [0.25, 0.3) is 0 Å². The third-order valence-electron chi connectivity index (χ3n) is 3.07. The van der Waals surface area contributed by atoms with E-state index >= 15 is 0 Å². The molecule has 6 heteroatoms. The Morgan fingerprint density at radius 1 is 1.43 bits per heavy atom. The Kier molecular flexibility index (Phi) is 4.98. The molecule has 2 rings (SSSR count). The Morgan fingerprint density at radius 3 is 2.71 bits per heavy atom. The summed E-state index contributed by atoms with van der Waals surface area (Å²) in [7, 11) is 0. The topological polar surface area (TPSA) is 49.3 Å². The number of benzene rings is 1. The number of rotatable bonds is 4. The minimum atomic E-state index is -0.985. The number of aliphatic hydroxyl groups is 1. The predicted molar refractivity (Wildman–Crippen MR) is 82.5 cm³/mol. The van der Waals surface area contributed by atoms with Crippen LogP contribution in [0.5, 0.6) is 0 Å². The van der Waals surface area contributed by atoms with Gasteiger partial charge in [-0.25, -0.2) is 4.39 Å². The van der Waals surface area contributed by atoms with E-state index in [4.69, 9.17) is 11.6 Å². The number of nitrogens with one attached hydrogen (secondary N) is 1. The Morgan fingerprint density at radius 2 is 2.14 bits per heavy atom. The van der Waals surface area contributed by atoms with Crippen LogP contribution in [-0.2, 0) is 0 Å². The number of hydrogen-bond acceptors (Lipinski definition) is 3. The van der Waals surface area contributed by atoms with Crippen LogP contribution < -0.4 is 5.32 Å². The highest BCUT2D eigenvalue weighted by molar-refractivity contribution is 7.12. The Hall–Kier alpha value is -1.43. The van der Waals surface area contributed by atoms with Gasteiger partial charge in [0.1, 0.15) is 5.82 Å². The number of amides is 1. The summed E-state index contributed by atoms with van der Waals surface area (Å²) in [6, 6.07) is 5.88. The van der Waals surface area contributed by atoms with E-state index in [0.29, 0.717) is 11.1 Å². The third kappa shape index (κ3) is 3.81. The van der Waals surface area contributed by atoms with Gasteiger partial charge in [0.15, 0.2) is 0 Å². The minimum Gasteiger partial charge on any atom is -0.387 e. The van der Waals surface area contributed by atoms with Crippen LogP contribution in [0, 0.1) is 19.7 Å². The van der Waals surface area contributed by atoms with Gasteiger partial charge in [-0.05, 0) is 37.6 Å². The molecule has 0 saturated heterocycles. The van der Waals surface area contributed by atoms with E-state index in [0.717, 1.165) is 9.75 Å². The molecule has 0 radical (unpaired) electrons. The predicted octanol–water partition coefficient (Wildman–Crippen LogP) is 3.62. The minimum absolute atomic E-state index is 0.000594. The summed E-state index contributed by atoms with van der Waals surface area (Å²) in [6.45, 7) is 3.81. The third-order valence-corrected chi connectivity index (χ3v) is 4.34. The number of carbonyl (C=O) groups excluding carboxylic acids is 1. The molecule has 0 spiro atoms. The van der Waals surface area contributed by atoms with Gasteiger partial charge in [0.25, 0.3) is 5.91 Å². The number of carbonyl (C=O) groups is 1. The zero-order valence-electron chi connectivity index (χ0n) is 11.6. The highest BCUT2D eigenvalue weighted by Gasteiger charge is 2.15. The van der Waals surface area contributed by atoms with E-state index in [1.165, 1.54) is 18.2 Å². The fourth-order valence-electron chi connectivity index (χ4n) is 1.98. The lowest BCUT2D eigenvalue weighted by Gasteiger charge is -2.12. The first-order chi connectivity index (χ1) is 9.88. The number of halogens is 2. The molecule has 0 bridgehead atoms. The van der Waals surface area contributed by atoms with Crippen molar-refractivity contribution in [3.63, 3.8) is 0 Å². The molecule has 0 saturated carbocycles. The Labute approximate surface area is 131 Å². The SMILES string of the molecule is Cc1cc(C(=O)NCC(O)c2ccc(Cl)c(F)c2)c(C)s1. The molecular weight excluding hydrogens is 313 g/mol. The summed E-state index contributed by atoms with van der Waals surface area (Å²) >= 11 is 7.13. The van der Waals surface area contributed by atoms with Gasteiger partial charge in [-0.1, -0.05) is 17.7 Å². The van der Waals surface area contributed by atoms with Crippen molar-refractivity contribution in [2.45, 2.75) is 20.0 Å². The second-order valence-corrected chi connectivity index (χ2v) is 6.59. The quantitative estimate of drug-likeness (QED) is 0.901. The zero-order valence-corrected chi connectivity index (χ0v) is 13.2. The molecule has 1 heterocycles. The zero-order chi connectivity index (χ0) is 15.6. The summed E-state index contributed by atoms with van der Waals surface area (Å²) in [6.07, 6.45) is -0.985. The van der Waals surface area contributed by atoms with Crippen molar-refractivity contribution in [2.24, 2.45) is 0 Å². The average molecular weight is 328 g/mol. The normalized spacial score (nSPS) is 12.2. The summed E-state index contributed by atoms with van der Waals surface area (Å²) in [4.78, 5) is 14.0. The van der Waals surface area contributed by atoms with E-state index in [9.17, 15) is 14.3 Å². The van der Waals surface area contributed by atoms with Crippen LogP contribution in [0.3, 0.4) is 0 Å². The second-order valence-electron chi connectivity index (χ2n) is 4.73. The van der Waals surface area contributed by atoms with Crippen molar-refractivity contribution in [1.29, 1.82) is 0 Å². The molecule has 2 N–H and O–H groups in total. The van der Waals surface area contributed by atoms with Gasteiger partial charge in [0, 0.05) is 16.3 Å². The van der Waals surface area contributed by atoms with E-state index in [-0.39, 0.29) is 17.5 Å². The standard InChI is InChI=1S/C15H15ClFNO2S/c1-8-5-11(9(2)21-8)15(20)18-7-14(19)10-3-4-12(16)13(17)6-10/h3-6,14,19H,7H2,1-2H3,(H,18,20). The van der Waals surface area contributed by atoms with Crippen LogP contribution in [0.2, 0.25) is 5.02 Å². The second kappa shape index (κ2) is 6.56. The van der Waals surface area contributed by atoms with Crippen molar-refractivity contribution in [2.75, 3.05) is 6.54 Å². The molecule has 2 aromatic rings. The van der Waals surface area contributed by atoms with Crippen LogP contribution in [0.15, 0.2) is 24.3 Å². The first kappa shape index (κ1) is 15.9. The molecule has 21 heavy (non-hydrogen) atoms. The number of aryl methyl sites for hydroxylation is 2. The maximum atomic E-state index is 13.3. The smallest absolute Gasteiger partial charge is 0.252 e. The summed E-state index contributed by atoms with van der Waals surface area (Å²) in [5, 5.41) is 12.6. The van der Waals surface area contributed by atoms with Crippen molar-refractivity contribution < 1.29 is 14.3 Å². The molecule has 3 nitrogen and oxygen atoms in total. The average Bonchev–Trinajstić information content (AvgIpc) is 2.77. The molecule has 1 atom stereocenters. The number of thiophene rings is 1. The lowest BCUT2D eigenvalue weighted by molar-refractivity contribution is 0.0916. The van der Waals surface area contributed by atoms with Crippen LogP contribution in [-0.4, -0.2) is 17.6 Å². The lowest BCUT2D eigenvalue weighted by atomic mass is 10.1. The highest BCUT2D eigenvalue weighted by atomic mass is 35.5. The summed E-state index contributed by atoms with van der Waals surface area (Å²) < 4.78 is 13.3. The van der Waals surface area contributed by atoms with Gasteiger partial charge in [0.2, 0.25) is 0 Å². The molecule has 0 aliphatic rings. The monoisotopic (exact) mass is 327 g/mol. The van der Waals surface area contributed by atoms with Gasteiger partial charge in [-0.3, -0.25) is 4.79 Å². The summed E-state index contributed by atoms with van der Waals surface area (Å²) in [5.41, 5.74) is 0.974. The summed E-state index contributed by atoms with van der Waals surface area (Å²) in [5.74, 6) is -0.839. The van der Waals surface area contributed by atoms with Crippen LogP contribution in [0.4, 0.5) is 4.39 Å². The molecule has 0 aliphatic carbocycles. The Balaban J connectivity index is 2.00. The van der Waals surface area contributed by atoms with Crippen molar-refractivity contribution in [3.05, 3.63) is 56.0 Å². The molecule has 0 aliphatic heterocycles. The first-order valence-electron chi connectivity index (χ1n) is 6.36. The maximum absolute atomic E-state index is 13.3. The molecule has 1 amide bonds. The van der Waals surface area contributed by atoms with Crippen molar-refractivity contribution in [1.82, 2.24) is 5.32 Å². The molecule has 0 fully saturated rings. The van der Waals surface area contributed by atoms with Crippen LogP contribution in [0.1, 0.15) is 31.8 Å². The van der Waals surface area contributed by atoms with Gasteiger partial charge in [0.05, 0.1) is 16.7 Å². The van der Waals surface area contributed by atoms with Gasteiger partial charge >= 0.3 is 0 Å². The van der Waals surface area contributed by atoms with Gasteiger partial charge < -0.3 is 10.4 Å². The lowest BCUT2D eigenvalue weighted by Crippen LogP contribution is -2.28. The molecule has 1 unspecified atom stereocenters. The molecule has 1 aromatic carbocycles. The fraction of sp³-hybridized carbons (Fsp3) is 0.267. The molecular formula is C15H15ClFNO2S. The van der Waals surface area contributed by atoms with E-state index in [1.54, 1.807) is 11.3 Å². The Bertz CT molecular complexity index is 672. The van der Waals surface area contributed by atoms with E-state index < -0.39 is 11.9 Å². The number of hydrogen-bond donors (Lipinski definition) is 2. The highest BCUT2D eigenvalue weighted by Crippen LogP contribution is 2.22. The molecule has 1 aromatic heterocycles. The largest absolute Gasteiger partial charge is 0.387 e. The number of aliphatic hydroxyl groups excluding tert-OH is 1. The first-order valence-corrected chi connectivity index (χ1v) is 7.56. The molecule has 112 valence electrons. The van der Waals surface area contributed by atoms with Gasteiger partial charge in [-0.15, -0.1) is 11.3 Å². The van der Waals surface area contributed by atoms with E-state index in [1.807, 2.05) is 19.9 Å². The maximum Gasteiger partial charge on any atom is 0.252 e. The van der Waals surface area contributed by atoms with Crippen LogP contribution >= 0.6 is 22.9 Å². The van der Waals surface area contributed by atoms with E-state index in [2.05, 4.69) is 5.32 Å². The van der Waals surface area contributed by atoms with Crippen molar-refractivity contribution >= 4 is 28.8 Å². The van der Waals surface area contributed by atoms with Gasteiger partial charge in [-0.2, -0.15) is 0 Å². The van der Waals surface area contributed by atoms with Crippen molar-refractivity contribution in [3.8, 4) is 0 Å². The fourth-order valence-corrected chi connectivity index (χ4v) is 3.02.